The number of hydrogen-bond acceptors (Lipinski definition) is 2. The Morgan fingerprint density at radius 3 is 1.95 bits per heavy atom. The van der Waals surface area contributed by atoms with Gasteiger partial charge in [-0.05, 0) is 54.0 Å². The maximum absolute atomic E-state index is 15.2. The van der Waals surface area contributed by atoms with Crippen molar-refractivity contribution in [2.24, 2.45) is 0 Å². The van der Waals surface area contributed by atoms with Gasteiger partial charge < -0.3 is 9.47 Å². The van der Waals surface area contributed by atoms with E-state index in [4.69, 9.17) is 9.47 Å². The van der Waals surface area contributed by atoms with Crippen LogP contribution in [0.2, 0.25) is 0 Å². The maximum Gasteiger partial charge on any atom is 0.166 e. The molecule has 1 aliphatic heterocycles. The molecule has 4 rings (SSSR count). The van der Waals surface area contributed by atoms with Crippen LogP contribution in [0.15, 0.2) is 54.6 Å². The van der Waals surface area contributed by atoms with Crippen molar-refractivity contribution < 1.29 is 22.6 Å². The molecule has 0 aliphatic carbocycles. The fourth-order valence-corrected chi connectivity index (χ4v) is 5.24. The predicted molar refractivity (Wildman–Crippen MR) is 152 cm³/mol. The van der Waals surface area contributed by atoms with Gasteiger partial charge in [-0.1, -0.05) is 101 Å². The van der Waals surface area contributed by atoms with Crippen LogP contribution >= 0.6 is 0 Å². The maximum atomic E-state index is 15.2. The van der Waals surface area contributed by atoms with Gasteiger partial charge in [-0.15, -0.1) is 0 Å². The van der Waals surface area contributed by atoms with E-state index in [1.54, 1.807) is 48.5 Å². The molecule has 210 valence electrons. The van der Waals surface area contributed by atoms with Crippen molar-refractivity contribution in [2.45, 2.75) is 90.3 Å². The summed E-state index contributed by atoms with van der Waals surface area (Å²) in [6.45, 7) is 5.33. The molecule has 3 aromatic rings. The van der Waals surface area contributed by atoms with Crippen molar-refractivity contribution in [3.05, 3.63) is 83.2 Å². The second kappa shape index (κ2) is 14.7. The topological polar surface area (TPSA) is 18.5 Å². The molecule has 5 heteroatoms. The first-order valence-electron chi connectivity index (χ1n) is 14.6. The number of aryl methyl sites for hydroxylation is 1. The molecule has 2 nitrogen and oxygen atoms in total. The Balaban J connectivity index is 1.37. The van der Waals surface area contributed by atoms with Gasteiger partial charge in [0.2, 0.25) is 0 Å². The Kier molecular flexibility index (Phi) is 11.0. The standard InChI is InChI=1S/C34H41F3O2/c1-3-5-7-8-10-12-32-38-22-28(23-39-32)27-18-19-29(31(35)21-27)24-13-15-25(16-14-24)30-20-17-26(11-9-6-4-2)33(36)34(30)37/h13-21,28,32H,3-12,22-23H2,1-2H3. The summed E-state index contributed by atoms with van der Waals surface area (Å²) in [4.78, 5) is 0. The van der Waals surface area contributed by atoms with E-state index < -0.39 is 11.6 Å². The van der Waals surface area contributed by atoms with Crippen molar-refractivity contribution in [2.75, 3.05) is 13.2 Å². The van der Waals surface area contributed by atoms with Crippen LogP contribution in [-0.4, -0.2) is 19.5 Å². The minimum absolute atomic E-state index is 0.00455. The second-order valence-corrected chi connectivity index (χ2v) is 10.7. The summed E-state index contributed by atoms with van der Waals surface area (Å²) in [5.41, 5.74) is 3.18. The highest BCUT2D eigenvalue weighted by molar-refractivity contribution is 5.71. The zero-order valence-corrected chi connectivity index (χ0v) is 23.3. The molecule has 1 aliphatic rings. The van der Waals surface area contributed by atoms with Crippen molar-refractivity contribution in [3.8, 4) is 22.3 Å². The van der Waals surface area contributed by atoms with Gasteiger partial charge in [0.25, 0.3) is 0 Å². The Morgan fingerprint density at radius 2 is 1.28 bits per heavy atom. The summed E-state index contributed by atoms with van der Waals surface area (Å²) in [5, 5.41) is 0. The molecule has 0 spiro atoms. The zero-order chi connectivity index (χ0) is 27.6. The van der Waals surface area contributed by atoms with Crippen LogP contribution in [0, 0.1) is 17.5 Å². The van der Waals surface area contributed by atoms with Crippen LogP contribution in [0.25, 0.3) is 22.3 Å². The molecule has 0 atom stereocenters. The lowest BCUT2D eigenvalue weighted by Crippen LogP contribution is -2.30. The third-order valence-electron chi connectivity index (χ3n) is 7.69. The summed E-state index contributed by atoms with van der Waals surface area (Å²) >= 11 is 0. The largest absolute Gasteiger partial charge is 0.352 e. The molecule has 0 amide bonds. The van der Waals surface area contributed by atoms with Crippen LogP contribution in [0.4, 0.5) is 13.2 Å². The summed E-state index contributed by atoms with van der Waals surface area (Å²) in [6, 6.07) is 15.5. The van der Waals surface area contributed by atoms with Crippen molar-refractivity contribution >= 4 is 0 Å². The highest BCUT2D eigenvalue weighted by Gasteiger charge is 2.24. The third kappa shape index (κ3) is 7.73. The van der Waals surface area contributed by atoms with Crippen LogP contribution in [0.3, 0.4) is 0 Å². The molecule has 0 saturated carbocycles. The highest BCUT2D eigenvalue weighted by Crippen LogP contribution is 2.32. The van der Waals surface area contributed by atoms with E-state index in [1.165, 1.54) is 25.7 Å². The summed E-state index contributed by atoms with van der Waals surface area (Å²) < 4.78 is 56.5. The minimum Gasteiger partial charge on any atom is -0.352 e. The second-order valence-electron chi connectivity index (χ2n) is 10.7. The normalized spacial score (nSPS) is 17.5. The van der Waals surface area contributed by atoms with Gasteiger partial charge in [0.05, 0.1) is 13.2 Å². The van der Waals surface area contributed by atoms with E-state index in [1.807, 2.05) is 6.07 Å². The predicted octanol–water partition coefficient (Wildman–Crippen LogP) is 9.99. The molecule has 39 heavy (non-hydrogen) atoms. The molecule has 0 N–H and O–H groups in total. The molecule has 3 aromatic carbocycles. The van der Waals surface area contributed by atoms with Gasteiger partial charge in [0, 0.05) is 17.0 Å². The van der Waals surface area contributed by atoms with Crippen LogP contribution in [0.1, 0.15) is 88.7 Å². The zero-order valence-electron chi connectivity index (χ0n) is 23.3. The van der Waals surface area contributed by atoms with Crippen LogP contribution < -0.4 is 0 Å². The molecule has 0 aromatic heterocycles. The molecular formula is C34H41F3O2. The fraction of sp³-hybridized carbons (Fsp3) is 0.471. The van der Waals surface area contributed by atoms with E-state index in [0.29, 0.717) is 41.9 Å². The van der Waals surface area contributed by atoms with Crippen molar-refractivity contribution in [1.29, 1.82) is 0 Å². The van der Waals surface area contributed by atoms with E-state index in [9.17, 15) is 8.78 Å². The lowest BCUT2D eigenvalue weighted by atomic mass is 9.94. The molecular weight excluding hydrogens is 497 g/mol. The number of hydrogen-bond donors (Lipinski definition) is 0. The van der Waals surface area contributed by atoms with Gasteiger partial charge in [0.15, 0.2) is 17.9 Å². The average molecular weight is 539 g/mol. The number of benzene rings is 3. The van der Waals surface area contributed by atoms with Gasteiger partial charge in [-0.3, -0.25) is 0 Å². The number of ether oxygens (including phenoxy) is 2. The van der Waals surface area contributed by atoms with Gasteiger partial charge >= 0.3 is 0 Å². The number of halogens is 3. The number of rotatable bonds is 13. The SMILES string of the molecule is CCCCCCCC1OCC(c2ccc(-c3ccc(-c4ccc(CCCCC)c(F)c4F)cc3)c(F)c2)CO1. The van der Waals surface area contributed by atoms with Crippen LogP contribution in [0.5, 0.6) is 0 Å². The summed E-state index contributed by atoms with van der Waals surface area (Å²) in [7, 11) is 0. The third-order valence-corrected chi connectivity index (χ3v) is 7.69. The van der Waals surface area contributed by atoms with E-state index >= 15 is 4.39 Å². The average Bonchev–Trinajstić information content (AvgIpc) is 2.96. The quantitative estimate of drug-likeness (QED) is 0.202. The summed E-state index contributed by atoms with van der Waals surface area (Å²) in [6.07, 6.45) is 10.2. The van der Waals surface area contributed by atoms with E-state index in [-0.39, 0.29) is 23.6 Å². The molecule has 0 radical (unpaired) electrons. The van der Waals surface area contributed by atoms with Gasteiger partial charge in [-0.25, -0.2) is 13.2 Å². The van der Waals surface area contributed by atoms with Gasteiger partial charge in [-0.2, -0.15) is 0 Å². The van der Waals surface area contributed by atoms with E-state index in [2.05, 4.69) is 13.8 Å². The first-order chi connectivity index (χ1) is 19.0. The first kappa shape index (κ1) is 29.4. The lowest BCUT2D eigenvalue weighted by Gasteiger charge is -2.30. The van der Waals surface area contributed by atoms with Crippen molar-refractivity contribution in [3.63, 3.8) is 0 Å². The van der Waals surface area contributed by atoms with Gasteiger partial charge in [0.1, 0.15) is 5.82 Å². The Bertz CT molecular complexity index is 1180. The Labute approximate surface area is 231 Å². The monoisotopic (exact) mass is 538 g/mol. The number of unbranched alkanes of at least 4 members (excludes halogenated alkanes) is 6. The molecule has 1 fully saturated rings. The molecule has 0 unspecified atom stereocenters. The Hall–Kier alpha value is -2.63. The fourth-order valence-electron chi connectivity index (χ4n) is 5.24. The minimum atomic E-state index is -0.831. The lowest BCUT2D eigenvalue weighted by molar-refractivity contribution is -0.190. The Morgan fingerprint density at radius 1 is 0.667 bits per heavy atom. The van der Waals surface area contributed by atoms with Crippen LogP contribution in [-0.2, 0) is 15.9 Å². The highest BCUT2D eigenvalue weighted by atomic mass is 19.2. The molecule has 1 heterocycles. The first-order valence-corrected chi connectivity index (χ1v) is 14.6. The van der Waals surface area contributed by atoms with Crippen molar-refractivity contribution in [1.82, 2.24) is 0 Å². The smallest absolute Gasteiger partial charge is 0.166 e. The van der Waals surface area contributed by atoms with E-state index in [0.717, 1.165) is 37.7 Å². The summed E-state index contributed by atoms with van der Waals surface area (Å²) in [5.74, 6) is -1.94. The molecule has 1 saturated heterocycles. The molecule has 0 bridgehead atoms.